The summed E-state index contributed by atoms with van der Waals surface area (Å²) in [4.78, 5) is 47.8. The van der Waals surface area contributed by atoms with Crippen LogP contribution < -0.4 is 20.3 Å². The normalized spacial score (nSPS) is 13.1. The molecule has 5 rings (SSSR count). The van der Waals surface area contributed by atoms with E-state index in [4.69, 9.17) is 4.74 Å². The van der Waals surface area contributed by atoms with E-state index in [1.165, 1.54) is 13.1 Å². The lowest BCUT2D eigenvalue weighted by Gasteiger charge is -2.21. The van der Waals surface area contributed by atoms with Crippen LogP contribution in [0, 0.1) is 0 Å². The standard InChI is InChI=1S/C32H33N5O4/c1-21(38)41-28-19-33-29(36-31(28)37(2)20-30(39)34-26-9-5-6-10-26)17-22-11-15-27(16-12-22)35-32(40)25-14-13-23-7-3-4-8-24(23)18-25/h3-4,7-8,11-16,18-19,26H,5-6,9-10,17,20H2,1-2H3,(H,34,39)(H,35,40). The van der Waals surface area contributed by atoms with Gasteiger partial charge in [0.15, 0.2) is 11.6 Å². The van der Waals surface area contributed by atoms with Crippen LogP contribution in [0.3, 0.4) is 0 Å². The highest BCUT2D eigenvalue weighted by molar-refractivity contribution is 6.06. The molecule has 0 aliphatic heterocycles. The van der Waals surface area contributed by atoms with Gasteiger partial charge < -0.3 is 20.3 Å². The van der Waals surface area contributed by atoms with E-state index in [-0.39, 0.29) is 30.2 Å². The molecule has 1 aromatic heterocycles. The van der Waals surface area contributed by atoms with Crippen LogP contribution in [0.2, 0.25) is 0 Å². The van der Waals surface area contributed by atoms with E-state index < -0.39 is 5.97 Å². The van der Waals surface area contributed by atoms with Crippen molar-refractivity contribution in [3.63, 3.8) is 0 Å². The number of benzene rings is 3. The van der Waals surface area contributed by atoms with Gasteiger partial charge in [0.2, 0.25) is 5.91 Å². The summed E-state index contributed by atoms with van der Waals surface area (Å²) >= 11 is 0. The minimum atomic E-state index is -0.493. The van der Waals surface area contributed by atoms with E-state index in [0.717, 1.165) is 42.0 Å². The molecule has 0 spiro atoms. The van der Waals surface area contributed by atoms with Crippen molar-refractivity contribution < 1.29 is 19.1 Å². The summed E-state index contributed by atoms with van der Waals surface area (Å²) in [5.74, 6) is 0.294. The van der Waals surface area contributed by atoms with Gasteiger partial charge in [-0.3, -0.25) is 14.4 Å². The Kier molecular flexibility index (Phi) is 8.53. The maximum atomic E-state index is 12.8. The van der Waals surface area contributed by atoms with Crippen LogP contribution in [0.5, 0.6) is 5.75 Å². The van der Waals surface area contributed by atoms with Crippen LogP contribution in [0.15, 0.2) is 72.9 Å². The van der Waals surface area contributed by atoms with Crippen molar-refractivity contribution in [2.24, 2.45) is 0 Å². The first-order chi connectivity index (χ1) is 19.8. The molecule has 1 aliphatic rings. The molecule has 2 amide bonds. The van der Waals surface area contributed by atoms with Crippen molar-refractivity contribution in [2.45, 2.75) is 45.1 Å². The largest absolute Gasteiger partial charge is 0.421 e. The highest BCUT2D eigenvalue weighted by Gasteiger charge is 2.21. The molecular weight excluding hydrogens is 518 g/mol. The molecule has 9 heteroatoms. The maximum Gasteiger partial charge on any atom is 0.308 e. The summed E-state index contributed by atoms with van der Waals surface area (Å²) in [5.41, 5.74) is 2.19. The van der Waals surface area contributed by atoms with Crippen LogP contribution in [0.25, 0.3) is 10.8 Å². The molecule has 1 aliphatic carbocycles. The van der Waals surface area contributed by atoms with Gasteiger partial charge in [-0.2, -0.15) is 0 Å². The number of anilines is 2. The van der Waals surface area contributed by atoms with Crippen LogP contribution in [0.1, 0.15) is 54.4 Å². The fraction of sp³-hybridized carbons (Fsp3) is 0.281. The van der Waals surface area contributed by atoms with E-state index >= 15 is 0 Å². The second-order valence-corrected chi connectivity index (χ2v) is 10.4. The molecule has 4 aromatic rings. The van der Waals surface area contributed by atoms with Crippen LogP contribution >= 0.6 is 0 Å². The molecule has 1 saturated carbocycles. The first-order valence-electron chi connectivity index (χ1n) is 13.8. The predicted octanol–water partition coefficient (Wildman–Crippen LogP) is 4.89. The van der Waals surface area contributed by atoms with Crippen LogP contribution in [-0.2, 0) is 16.0 Å². The highest BCUT2D eigenvalue weighted by Crippen LogP contribution is 2.26. The average molecular weight is 552 g/mol. The van der Waals surface area contributed by atoms with Gasteiger partial charge in [0, 0.05) is 37.7 Å². The third kappa shape index (κ3) is 7.25. The Morgan fingerprint density at radius 3 is 2.44 bits per heavy atom. The third-order valence-corrected chi connectivity index (χ3v) is 7.09. The summed E-state index contributed by atoms with van der Waals surface area (Å²) in [6.07, 6.45) is 6.13. The van der Waals surface area contributed by atoms with Gasteiger partial charge in [0.05, 0.1) is 12.7 Å². The number of amides is 2. The Balaban J connectivity index is 1.25. The first kappa shape index (κ1) is 27.8. The molecule has 2 N–H and O–H groups in total. The van der Waals surface area contributed by atoms with Gasteiger partial charge in [0.1, 0.15) is 5.82 Å². The maximum absolute atomic E-state index is 12.8. The van der Waals surface area contributed by atoms with E-state index in [9.17, 15) is 14.4 Å². The number of esters is 1. The SMILES string of the molecule is CC(=O)Oc1cnc(Cc2ccc(NC(=O)c3ccc4ccccc4c3)cc2)nc1N(C)CC(=O)NC1CCCC1. The number of nitrogens with zero attached hydrogens (tertiary/aromatic N) is 3. The molecule has 1 fully saturated rings. The lowest BCUT2D eigenvalue weighted by atomic mass is 10.1. The Bertz CT molecular complexity index is 1560. The molecule has 0 unspecified atom stereocenters. The zero-order valence-electron chi connectivity index (χ0n) is 23.2. The summed E-state index contributed by atoms with van der Waals surface area (Å²) in [6, 6.07) is 21.2. The van der Waals surface area contributed by atoms with Gasteiger partial charge in [-0.05, 0) is 53.4 Å². The fourth-order valence-corrected chi connectivity index (χ4v) is 5.04. The molecule has 3 aromatic carbocycles. The third-order valence-electron chi connectivity index (χ3n) is 7.09. The van der Waals surface area contributed by atoms with Crippen molar-refractivity contribution >= 4 is 40.1 Å². The van der Waals surface area contributed by atoms with Crippen molar-refractivity contribution in [3.8, 4) is 5.75 Å². The summed E-state index contributed by atoms with van der Waals surface area (Å²) < 4.78 is 5.32. The summed E-state index contributed by atoms with van der Waals surface area (Å²) in [5, 5.41) is 8.10. The topological polar surface area (TPSA) is 114 Å². The van der Waals surface area contributed by atoms with E-state index in [1.807, 2.05) is 66.7 Å². The van der Waals surface area contributed by atoms with Crippen LogP contribution in [-0.4, -0.2) is 47.4 Å². The van der Waals surface area contributed by atoms with Gasteiger partial charge in [-0.1, -0.05) is 55.3 Å². The first-order valence-corrected chi connectivity index (χ1v) is 13.8. The van der Waals surface area contributed by atoms with Gasteiger partial charge >= 0.3 is 5.97 Å². The number of hydrogen-bond acceptors (Lipinski definition) is 7. The number of fused-ring (bicyclic) bond motifs is 1. The Morgan fingerprint density at radius 1 is 0.976 bits per heavy atom. The summed E-state index contributed by atoms with van der Waals surface area (Å²) in [7, 11) is 1.74. The lowest BCUT2D eigenvalue weighted by Crippen LogP contribution is -2.40. The van der Waals surface area contributed by atoms with E-state index in [1.54, 1.807) is 11.9 Å². The molecule has 0 atom stereocenters. The Hall–Kier alpha value is -4.79. The monoisotopic (exact) mass is 551 g/mol. The molecule has 0 saturated heterocycles. The average Bonchev–Trinajstić information content (AvgIpc) is 3.47. The van der Waals surface area contributed by atoms with E-state index in [0.29, 0.717) is 29.3 Å². The smallest absolute Gasteiger partial charge is 0.308 e. The minimum absolute atomic E-state index is 0.0762. The lowest BCUT2D eigenvalue weighted by molar-refractivity contribution is -0.131. The van der Waals surface area contributed by atoms with Crippen molar-refractivity contribution in [1.29, 1.82) is 0 Å². The van der Waals surface area contributed by atoms with Gasteiger partial charge in [-0.15, -0.1) is 0 Å². The number of nitrogens with one attached hydrogen (secondary N) is 2. The number of ether oxygens (including phenoxy) is 1. The summed E-state index contributed by atoms with van der Waals surface area (Å²) in [6.45, 7) is 1.39. The molecule has 210 valence electrons. The number of aromatic nitrogens is 2. The molecular formula is C32H33N5O4. The number of carbonyl (C=O) groups excluding carboxylic acids is 3. The van der Waals surface area contributed by atoms with Gasteiger partial charge in [-0.25, -0.2) is 9.97 Å². The minimum Gasteiger partial charge on any atom is -0.421 e. The predicted molar refractivity (Wildman–Crippen MR) is 158 cm³/mol. The molecule has 0 radical (unpaired) electrons. The fourth-order valence-electron chi connectivity index (χ4n) is 5.04. The second-order valence-electron chi connectivity index (χ2n) is 10.4. The van der Waals surface area contributed by atoms with Gasteiger partial charge in [0.25, 0.3) is 5.91 Å². The number of rotatable bonds is 9. The van der Waals surface area contributed by atoms with Crippen molar-refractivity contribution in [2.75, 3.05) is 23.8 Å². The molecule has 41 heavy (non-hydrogen) atoms. The number of carbonyl (C=O) groups is 3. The zero-order chi connectivity index (χ0) is 28.8. The van der Waals surface area contributed by atoms with Crippen molar-refractivity contribution in [3.05, 3.63) is 89.9 Å². The Morgan fingerprint density at radius 2 is 1.71 bits per heavy atom. The second kappa shape index (κ2) is 12.6. The molecule has 9 nitrogen and oxygen atoms in total. The molecule has 1 heterocycles. The van der Waals surface area contributed by atoms with Crippen molar-refractivity contribution in [1.82, 2.24) is 15.3 Å². The van der Waals surface area contributed by atoms with E-state index in [2.05, 4.69) is 20.6 Å². The highest BCUT2D eigenvalue weighted by atomic mass is 16.5. The quantitative estimate of drug-likeness (QED) is 0.285. The van der Waals surface area contributed by atoms with Crippen LogP contribution in [0.4, 0.5) is 11.5 Å². The molecule has 0 bridgehead atoms. The number of likely N-dealkylation sites (N-methyl/N-ethyl adjacent to an activating group) is 1. The number of hydrogen-bond donors (Lipinski definition) is 2. The zero-order valence-corrected chi connectivity index (χ0v) is 23.2. The Labute approximate surface area is 238 Å².